The van der Waals surface area contributed by atoms with Crippen LogP contribution in [-0.4, -0.2) is 33.5 Å². The van der Waals surface area contributed by atoms with Crippen LogP contribution < -0.4 is 10.9 Å². The molecule has 0 bridgehead atoms. The molecule has 130 valence electrons. The second-order valence-corrected chi connectivity index (χ2v) is 6.92. The van der Waals surface area contributed by atoms with E-state index in [9.17, 15) is 4.79 Å². The molecule has 1 aromatic carbocycles. The first-order valence-corrected chi connectivity index (χ1v) is 8.95. The number of hydrogen-bond donors (Lipinski definition) is 1. The molecule has 0 saturated carbocycles. The maximum absolute atomic E-state index is 12.6. The molecule has 6 nitrogen and oxygen atoms in total. The van der Waals surface area contributed by atoms with Crippen molar-refractivity contribution in [1.29, 1.82) is 0 Å². The van der Waals surface area contributed by atoms with E-state index < -0.39 is 6.17 Å². The fraction of sp³-hybridized carbons (Fsp3) is 0.389. The van der Waals surface area contributed by atoms with Crippen LogP contribution in [0, 0.1) is 6.92 Å². The zero-order valence-corrected chi connectivity index (χ0v) is 14.8. The lowest BCUT2D eigenvalue weighted by molar-refractivity contribution is 0.335. The summed E-state index contributed by atoms with van der Waals surface area (Å²) in [4.78, 5) is 24.2. The summed E-state index contributed by atoms with van der Waals surface area (Å²) in [6, 6.07) is 9.00. The van der Waals surface area contributed by atoms with Crippen LogP contribution in [-0.2, 0) is 0 Å². The molecule has 4 rings (SSSR count). The minimum Gasteiger partial charge on any atom is -0.343 e. The number of likely N-dealkylation sites (tertiary alicyclic amines) is 1. The molecule has 7 heteroatoms. The second kappa shape index (κ2) is 6.52. The second-order valence-electron chi connectivity index (χ2n) is 6.48. The summed E-state index contributed by atoms with van der Waals surface area (Å²) >= 11 is 6.02. The number of piperidine rings is 1. The minimum absolute atomic E-state index is 0.114. The van der Waals surface area contributed by atoms with Gasteiger partial charge in [-0.05, 0) is 43.9 Å². The predicted molar refractivity (Wildman–Crippen MR) is 99.3 cm³/mol. The van der Waals surface area contributed by atoms with Crippen LogP contribution in [0.3, 0.4) is 0 Å². The highest BCUT2D eigenvalue weighted by Gasteiger charge is 2.27. The summed E-state index contributed by atoms with van der Waals surface area (Å²) in [5, 5.41) is 3.92. The quantitative estimate of drug-likeness (QED) is 0.852. The maximum atomic E-state index is 12.6. The van der Waals surface area contributed by atoms with Gasteiger partial charge < -0.3 is 4.90 Å². The summed E-state index contributed by atoms with van der Waals surface area (Å²) in [6.07, 6.45) is 3.12. The average Bonchev–Trinajstić information content (AvgIpc) is 2.62. The molecular weight excluding hydrogens is 338 g/mol. The van der Waals surface area contributed by atoms with Gasteiger partial charge in [-0.25, -0.2) is 9.98 Å². The third-order valence-electron chi connectivity index (χ3n) is 4.62. The van der Waals surface area contributed by atoms with Gasteiger partial charge in [0.15, 0.2) is 6.17 Å². The molecule has 2 aliphatic heterocycles. The van der Waals surface area contributed by atoms with Gasteiger partial charge in [0.25, 0.3) is 5.56 Å². The van der Waals surface area contributed by atoms with Crippen LogP contribution in [0.2, 0.25) is 5.02 Å². The van der Waals surface area contributed by atoms with Gasteiger partial charge in [0, 0.05) is 29.9 Å². The SMILES string of the molecule is Cc1cc(=O)n2c(n1)NC(N1CCCCC1)=NC2c1ccc(Cl)cc1. The number of rotatable bonds is 1. The summed E-state index contributed by atoms with van der Waals surface area (Å²) in [5.41, 5.74) is 1.49. The zero-order valence-electron chi connectivity index (χ0n) is 14.1. The number of anilines is 1. The van der Waals surface area contributed by atoms with Gasteiger partial charge >= 0.3 is 0 Å². The standard InChI is InChI=1S/C18H20ClN5O/c1-12-11-15(25)24-16(13-5-7-14(19)8-6-13)21-17(22-18(24)20-12)23-9-3-2-4-10-23/h5-8,11,16H,2-4,9-10H2,1H3,(H,20,21,22). The topological polar surface area (TPSA) is 62.5 Å². The molecule has 0 aliphatic carbocycles. The Kier molecular flexibility index (Phi) is 4.21. The third-order valence-corrected chi connectivity index (χ3v) is 4.87. The van der Waals surface area contributed by atoms with E-state index in [0.717, 1.165) is 37.5 Å². The molecule has 25 heavy (non-hydrogen) atoms. The number of aromatic nitrogens is 2. The lowest BCUT2D eigenvalue weighted by atomic mass is 10.1. The Hall–Kier alpha value is -2.34. The highest BCUT2D eigenvalue weighted by molar-refractivity contribution is 6.30. The van der Waals surface area contributed by atoms with Gasteiger partial charge in [0.1, 0.15) is 0 Å². The zero-order chi connectivity index (χ0) is 17.4. The van der Waals surface area contributed by atoms with Crippen molar-refractivity contribution in [2.24, 2.45) is 4.99 Å². The summed E-state index contributed by atoms with van der Waals surface area (Å²) in [7, 11) is 0. The minimum atomic E-state index is -0.439. The lowest BCUT2D eigenvalue weighted by Crippen LogP contribution is -2.45. The normalized spacial score (nSPS) is 19.8. The molecule has 2 aromatic rings. The molecule has 2 aliphatic rings. The number of benzene rings is 1. The Morgan fingerprint density at radius 1 is 1.16 bits per heavy atom. The van der Waals surface area contributed by atoms with Gasteiger partial charge in [0.05, 0.1) is 0 Å². The van der Waals surface area contributed by atoms with Crippen molar-refractivity contribution < 1.29 is 0 Å². The summed E-state index contributed by atoms with van der Waals surface area (Å²) < 4.78 is 1.60. The number of guanidine groups is 1. The molecule has 1 unspecified atom stereocenters. The van der Waals surface area contributed by atoms with E-state index in [1.165, 1.54) is 12.5 Å². The van der Waals surface area contributed by atoms with E-state index in [2.05, 4.69) is 15.2 Å². The monoisotopic (exact) mass is 357 g/mol. The van der Waals surface area contributed by atoms with Gasteiger partial charge in [-0.15, -0.1) is 0 Å². The number of aryl methyl sites for hydroxylation is 1. The van der Waals surface area contributed by atoms with E-state index in [1.54, 1.807) is 4.57 Å². The van der Waals surface area contributed by atoms with Crippen molar-refractivity contribution in [2.75, 3.05) is 18.4 Å². The smallest absolute Gasteiger partial charge is 0.257 e. The summed E-state index contributed by atoms with van der Waals surface area (Å²) in [5.74, 6) is 1.33. The van der Waals surface area contributed by atoms with Crippen LogP contribution in [0.1, 0.15) is 36.7 Å². The first-order valence-electron chi connectivity index (χ1n) is 8.57. The van der Waals surface area contributed by atoms with E-state index >= 15 is 0 Å². The van der Waals surface area contributed by atoms with E-state index in [-0.39, 0.29) is 5.56 Å². The Morgan fingerprint density at radius 2 is 1.88 bits per heavy atom. The lowest BCUT2D eigenvalue weighted by Gasteiger charge is -2.34. The van der Waals surface area contributed by atoms with Gasteiger partial charge in [-0.2, -0.15) is 0 Å². The molecule has 1 N–H and O–H groups in total. The fourth-order valence-electron chi connectivity index (χ4n) is 3.36. The van der Waals surface area contributed by atoms with Crippen LogP contribution in [0.4, 0.5) is 5.95 Å². The molecular formula is C18H20ClN5O. The van der Waals surface area contributed by atoms with Crippen LogP contribution in [0.5, 0.6) is 0 Å². The maximum Gasteiger partial charge on any atom is 0.257 e. The Morgan fingerprint density at radius 3 is 2.60 bits per heavy atom. The molecule has 0 radical (unpaired) electrons. The molecule has 3 heterocycles. The first kappa shape index (κ1) is 16.1. The molecule has 0 amide bonds. The van der Waals surface area contributed by atoms with Crippen molar-refractivity contribution >= 4 is 23.5 Å². The Labute approximate surface area is 151 Å². The van der Waals surface area contributed by atoms with Crippen LogP contribution in [0.25, 0.3) is 0 Å². The Balaban J connectivity index is 1.82. The van der Waals surface area contributed by atoms with Gasteiger partial charge in [-0.1, -0.05) is 23.7 Å². The average molecular weight is 358 g/mol. The number of hydrogen-bond acceptors (Lipinski definition) is 5. The molecule has 1 saturated heterocycles. The van der Waals surface area contributed by atoms with Crippen molar-refractivity contribution in [3.63, 3.8) is 0 Å². The van der Waals surface area contributed by atoms with Crippen LogP contribution in [0.15, 0.2) is 40.1 Å². The largest absolute Gasteiger partial charge is 0.343 e. The van der Waals surface area contributed by atoms with Crippen LogP contribution >= 0.6 is 11.6 Å². The summed E-state index contributed by atoms with van der Waals surface area (Å²) in [6.45, 7) is 3.76. The number of aliphatic imine (C=N–C) groups is 1. The number of nitrogens with zero attached hydrogens (tertiary/aromatic N) is 4. The van der Waals surface area contributed by atoms with E-state index in [1.807, 2.05) is 31.2 Å². The molecule has 1 fully saturated rings. The van der Waals surface area contributed by atoms with Crippen molar-refractivity contribution in [1.82, 2.24) is 14.5 Å². The van der Waals surface area contributed by atoms with Crippen molar-refractivity contribution in [2.45, 2.75) is 32.4 Å². The van der Waals surface area contributed by atoms with Gasteiger partial charge in [0.2, 0.25) is 11.9 Å². The van der Waals surface area contributed by atoms with E-state index in [4.69, 9.17) is 16.6 Å². The fourth-order valence-corrected chi connectivity index (χ4v) is 3.49. The number of nitrogens with one attached hydrogen (secondary N) is 1. The highest BCUT2D eigenvalue weighted by Crippen LogP contribution is 2.27. The van der Waals surface area contributed by atoms with Crippen molar-refractivity contribution in [3.05, 3.63) is 57.0 Å². The molecule has 1 atom stereocenters. The number of fused-ring (bicyclic) bond motifs is 1. The first-order chi connectivity index (χ1) is 12.1. The highest BCUT2D eigenvalue weighted by atomic mass is 35.5. The van der Waals surface area contributed by atoms with E-state index in [0.29, 0.717) is 16.7 Å². The molecule has 0 spiro atoms. The van der Waals surface area contributed by atoms with Crippen molar-refractivity contribution in [3.8, 4) is 0 Å². The van der Waals surface area contributed by atoms with Gasteiger partial charge in [-0.3, -0.25) is 14.7 Å². The third kappa shape index (κ3) is 3.14. The Bertz CT molecular complexity index is 868. The number of halogens is 1. The predicted octanol–water partition coefficient (Wildman–Crippen LogP) is 3.02. The molecule has 1 aromatic heterocycles.